The monoisotopic (exact) mass is 508 g/mol. The van der Waals surface area contributed by atoms with E-state index in [-0.39, 0.29) is 12.2 Å². The number of rotatable bonds is 7. The Balaban J connectivity index is 1.96. The van der Waals surface area contributed by atoms with Crippen molar-refractivity contribution in [3.8, 4) is 17.2 Å². The number of carbonyl (C=O) groups is 1. The number of methoxy groups -OCH3 is 3. The molecule has 1 atom stereocenters. The molecule has 2 heterocycles. The van der Waals surface area contributed by atoms with Crippen molar-refractivity contribution in [3.63, 3.8) is 0 Å². The van der Waals surface area contributed by atoms with E-state index in [2.05, 4.69) is 4.99 Å². The fourth-order valence-corrected chi connectivity index (χ4v) is 5.20. The summed E-state index contributed by atoms with van der Waals surface area (Å²) in [6, 6.07) is 10.6. The van der Waals surface area contributed by atoms with Gasteiger partial charge in [-0.15, -0.1) is 0 Å². The summed E-state index contributed by atoms with van der Waals surface area (Å²) in [5, 5.41) is 0. The molecule has 0 aliphatic carbocycles. The third-order valence-electron chi connectivity index (χ3n) is 5.93. The van der Waals surface area contributed by atoms with E-state index < -0.39 is 12.0 Å². The molecule has 0 N–H and O–H groups in total. The van der Waals surface area contributed by atoms with Crippen LogP contribution in [0.15, 0.2) is 57.5 Å². The Morgan fingerprint density at radius 2 is 1.67 bits per heavy atom. The van der Waals surface area contributed by atoms with Crippen LogP contribution in [0.4, 0.5) is 0 Å². The summed E-state index contributed by atoms with van der Waals surface area (Å²) in [7, 11) is 4.64. The summed E-state index contributed by atoms with van der Waals surface area (Å²) in [5.74, 6) is 1.06. The van der Waals surface area contributed by atoms with Gasteiger partial charge in [0.2, 0.25) is 0 Å². The molecule has 0 fully saturated rings. The molecule has 1 aliphatic rings. The number of carbonyl (C=O) groups excluding carboxylic acids is 1. The molecule has 0 saturated heterocycles. The van der Waals surface area contributed by atoms with Gasteiger partial charge in [0.15, 0.2) is 16.3 Å². The Hall–Kier alpha value is -3.85. The molecule has 0 radical (unpaired) electrons. The van der Waals surface area contributed by atoms with Gasteiger partial charge in [-0.05, 0) is 38.5 Å². The zero-order valence-corrected chi connectivity index (χ0v) is 21.9. The van der Waals surface area contributed by atoms with E-state index in [1.807, 2.05) is 31.2 Å². The Morgan fingerprint density at radius 1 is 1.03 bits per heavy atom. The molecule has 1 aromatic heterocycles. The lowest BCUT2D eigenvalue weighted by Gasteiger charge is -2.24. The summed E-state index contributed by atoms with van der Waals surface area (Å²) in [5.41, 5.74) is 3.13. The van der Waals surface area contributed by atoms with Gasteiger partial charge >= 0.3 is 5.97 Å². The maximum Gasteiger partial charge on any atom is 0.338 e. The second-order valence-corrected chi connectivity index (χ2v) is 9.17. The molecule has 1 aliphatic heterocycles. The first-order chi connectivity index (χ1) is 17.3. The van der Waals surface area contributed by atoms with Crippen LogP contribution in [0.3, 0.4) is 0 Å². The van der Waals surface area contributed by atoms with Crippen LogP contribution in [0.5, 0.6) is 17.2 Å². The van der Waals surface area contributed by atoms with Crippen LogP contribution in [-0.2, 0) is 9.53 Å². The number of aromatic nitrogens is 1. The normalized spacial score (nSPS) is 15.3. The molecular formula is C27H28N2O6S. The van der Waals surface area contributed by atoms with Gasteiger partial charge in [-0.1, -0.05) is 41.2 Å². The molecule has 8 nitrogen and oxygen atoms in total. The average molecular weight is 509 g/mol. The smallest absolute Gasteiger partial charge is 0.338 e. The highest BCUT2D eigenvalue weighted by Gasteiger charge is 2.33. The Bertz CT molecular complexity index is 1520. The van der Waals surface area contributed by atoms with Crippen molar-refractivity contribution < 1.29 is 23.7 Å². The molecule has 36 heavy (non-hydrogen) atoms. The van der Waals surface area contributed by atoms with Crippen molar-refractivity contribution in [2.45, 2.75) is 26.8 Å². The summed E-state index contributed by atoms with van der Waals surface area (Å²) in [4.78, 5) is 31.9. The highest BCUT2D eigenvalue weighted by Crippen LogP contribution is 2.35. The molecular weight excluding hydrogens is 480 g/mol. The minimum Gasteiger partial charge on any atom is -0.496 e. The number of esters is 1. The molecule has 0 bridgehead atoms. The first-order valence-corrected chi connectivity index (χ1v) is 12.2. The topological polar surface area (TPSA) is 88.4 Å². The number of benzene rings is 2. The van der Waals surface area contributed by atoms with Crippen molar-refractivity contribution in [2.24, 2.45) is 4.99 Å². The lowest BCUT2D eigenvalue weighted by molar-refractivity contribution is -0.139. The molecule has 0 amide bonds. The predicted molar refractivity (Wildman–Crippen MR) is 138 cm³/mol. The number of nitrogens with zero attached hydrogens (tertiary/aromatic N) is 2. The van der Waals surface area contributed by atoms with Crippen molar-refractivity contribution in [1.29, 1.82) is 0 Å². The molecule has 9 heteroatoms. The summed E-state index contributed by atoms with van der Waals surface area (Å²) < 4.78 is 23.7. The molecule has 3 aromatic rings. The van der Waals surface area contributed by atoms with Crippen LogP contribution in [0.25, 0.3) is 6.08 Å². The molecule has 188 valence electrons. The summed E-state index contributed by atoms with van der Waals surface area (Å²) >= 11 is 1.25. The van der Waals surface area contributed by atoms with E-state index in [1.54, 1.807) is 58.0 Å². The molecule has 0 spiro atoms. The van der Waals surface area contributed by atoms with Crippen LogP contribution in [0.1, 0.15) is 36.6 Å². The van der Waals surface area contributed by atoms with Crippen LogP contribution in [-0.4, -0.2) is 38.5 Å². The fraction of sp³-hybridized carbons (Fsp3) is 0.296. The van der Waals surface area contributed by atoms with Gasteiger partial charge in [-0.2, -0.15) is 0 Å². The van der Waals surface area contributed by atoms with Crippen LogP contribution in [0, 0.1) is 6.92 Å². The minimum atomic E-state index is -0.657. The van der Waals surface area contributed by atoms with E-state index in [1.165, 1.54) is 11.3 Å². The lowest BCUT2D eigenvalue weighted by atomic mass is 9.95. The predicted octanol–water partition coefficient (Wildman–Crippen LogP) is 3.13. The summed E-state index contributed by atoms with van der Waals surface area (Å²) in [6.45, 7) is 5.72. The highest BCUT2D eigenvalue weighted by atomic mass is 32.1. The number of allylic oxidation sites excluding steroid dienone is 1. The quantitative estimate of drug-likeness (QED) is 0.456. The van der Waals surface area contributed by atoms with Gasteiger partial charge in [-0.25, -0.2) is 9.79 Å². The zero-order chi connectivity index (χ0) is 26.0. The van der Waals surface area contributed by atoms with Crippen LogP contribution >= 0.6 is 11.3 Å². The van der Waals surface area contributed by atoms with Crippen molar-refractivity contribution in [2.75, 3.05) is 27.9 Å². The molecule has 1 unspecified atom stereocenters. The van der Waals surface area contributed by atoms with Gasteiger partial charge in [0.1, 0.15) is 5.75 Å². The van der Waals surface area contributed by atoms with E-state index in [0.29, 0.717) is 43.4 Å². The van der Waals surface area contributed by atoms with Crippen LogP contribution < -0.4 is 29.1 Å². The Labute approximate surface area is 212 Å². The number of hydrogen-bond acceptors (Lipinski definition) is 8. The SMILES string of the molecule is CCOC(=O)C1=C(C)N=c2s/c(=C\c3cc(OC)c(OC)cc3OC)c(=O)n2C1c1ccc(C)cc1. The maximum absolute atomic E-state index is 13.8. The number of ether oxygens (including phenoxy) is 4. The molecule has 2 aromatic carbocycles. The van der Waals surface area contributed by atoms with Gasteiger partial charge in [0.25, 0.3) is 5.56 Å². The van der Waals surface area contributed by atoms with E-state index in [9.17, 15) is 9.59 Å². The Kier molecular flexibility index (Phi) is 7.30. The second-order valence-electron chi connectivity index (χ2n) is 8.16. The number of aryl methyl sites for hydroxylation is 1. The van der Waals surface area contributed by atoms with E-state index in [4.69, 9.17) is 18.9 Å². The van der Waals surface area contributed by atoms with Gasteiger partial charge in [0.05, 0.1) is 49.8 Å². The fourth-order valence-electron chi connectivity index (χ4n) is 4.16. The van der Waals surface area contributed by atoms with Crippen molar-refractivity contribution in [1.82, 2.24) is 4.57 Å². The van der Waals surface area contributed by atoms with E-state index in [0.717, 1.165) is 11.1 Å². The number of hydrogen-bond donors (Lipinski definition) is 0. The molecule has 0 saturated carbocycles. The first kappa shape index (κ1) is 25.2. The minimum absolute atomic E-state index is 0.222. The third kappa shape index (κ3) is 4.54. The number of fused-ring (bicyclic) bond motifs is 1. The van der Waals surface area contributed by atoms with Crippen molar-refractivity contribution >= 4 is 23.4 Å². The summed E-state index contributed by atoms with van der Waals surface area (Å²) in [6.07, 6.45) is 1.74. The average Bonchev–Trinajstić information content (AvgIpc) is 3.17. The Morgan fingerprint density at radius 3 is 2.28 bits per heavy atom. The first-order valence-electron chi connectivity index (χ1n) is 11.4. The lowest BCUT2D eigenvalue weighted by Crippen LogP contribution is -2.39. The largest absolute Gasteiger partial charge is 0.496 e. The number of thiazole rings is 1. The second kappa shape index (κ2) is 10.4. The van der Waals surface area contributed by atoms with Crippen molar-refractivity contribution in [3.05, 3.63) is 84.0 Å². The zero-order valence-electron chi connectivity index (χ0n) is 21.1. The molecule has 4 rings (SSSR count). The van der Waals surface area contributed by atoms with Gasteiger partial charge in [0, 0.05) is 11.6 Å². The third-order valence-corrected chi connectivity index (χ3v) is 6.92. The standard InChI is InChI=1S/C27H28N2O6S/c1-7-35-26(31)23-16(3)28-27-29(24(23)17-10-8-15(2)9-11-17)25(30)22(36-27)13-18-12-20(33-5)21(34-6)14-19(18)32-4/h8-14,24H,7H2,1-6H3/b22-13-. The van der Waals surface area contributed by atoms with E-state index >= 15 is 0 Å². The maximum atomic E-state index is 13.8. The van der Waals surface area contributed by atoms with Crippen LogP contribution in [0.2, 0.25) is 0 Å². The van der Waals surface area contributed by atoms with Gasteiger partial charge in [-0.3, -0.25) is 9.36 Å². The van der Waals surface area contributed by atoms with Gasteiger partial charge < -0.3 is 18.9 Å². The highest BCUT2D eigenvalue weighted by molar-refractivity contribution is 7.07.